The van der Waals surface area contributed by atoms with Crippen LogP contribution in [-0.2, 0) is 19.3 Å². The fourth-order valence-corrected chi connectivity index (χ4v) is 12.7. The Kier molecular flexibility index (Phi) is 9.79. The first-order valence-electron chi connectivity index (χ1n) is 24.3. The van der Waals surface area contributed by atoms with Crippen molar-refractivity contribution in [3.63, 3.8) is 0 Å². The smallest absolute Gasteiger partial charge is 0.0746 e. The third-order valence-corrected chi connectivity index (χ3v) is 16.4. The summed E-state index contributed by atoms with van der Waals surface area (Å²) in [6.45, 7) is 4.41. The Morgan fingerprint density at radius 3 is 1.58 bits per heavy atom. The van der Waals surface area contributed by atoms with Crippen molar-refractivity contribution in [2.45, 2.75) is 65.2 Å². The van der Waals surface area contributed by atoms with Crippen molar-refractivity contribution in [1.29, 1.82) is 0 Å². The molecule has 0 N–H and O–H groups in total. The molecule has 1 heterocycles. The molecule has 0 fully saturated rings. The van der Waals surface area contributed by atoms with Crippen LogP contribution in [0.15, 0.2) is 186 Å². The van der Waals surface area contributed by atoms with Gasteiger partial charge in [0, 0.05) is 26.2 Å². The lowest BCUT2D eigenvalue weighted by Crippen LogP contribution is -1.96. The van der Waals surface area contributed by atoms with E-state index in [1.807, 2.05) is 11.3 Å². The van der Waals surface area contributed by atoms with Crippen LogP contribution in [0, 0.1) is 6.92 Å². The second-order valence-electron chi connectivity index (χ2n) is 19.2. The van der Waals surface area contributed by atoms with E-state index < -0.39 is 0 Å². The highest BCUT2D eigenvalue weighted by Gasteiger charge is 2.24. The highest BCUT2D eigenvalue weighted by Crippen LogP contribution is 2.45. The molecule has 1 nitrogen and oxygen atoms in total. The predicted octanol–water partition coefficient (Wildman–Crippen LogP) is 18.0. The maximum atomic E-state index is 5.55. The molecule has 0 aliphatic heterocycles. The van der Waals surface area contributed by atoms with E-state index in [1.165, 1.54) is 122 Å². The Labute approximate surface area is 398 Å². The minimum absolute atomic E-state index is 0.999. The van der Waals surface area contributed by atoms with Crippen LogP contribution in [0.2, 0.25) is 0 Å². The Hall–Kier alpha value is -7.13. The highest BCUT2D eigenvalue weighted by atomic mass is 32.1. The van der Waals surface area contributed by atoms with Gasteiger partial charge in [-0.3, -0.25) is 4.99 Å². The van der Waals surface area contributed by atoms with Crippen molar-refractivity contribution >= 4 is 50.0 Å². The molecule has 0 bridgehead atoms. The fraction of sp³-hybridized carbons (Fsp3) is 0.154. The first-order valence-corrected chi connectivity index (χ1v) is 25.1. The highest BCUT2D eigenvalue weighted by molar-refractivity contribution is 7.19. The van der Waals surface area contributed by atoms with E-state index in [9.17, 15) is 0 Å². The number of benzene rings is 7. The summed E-state index contributed by atoms with van der Waals surface area (Å²) in [4.78, 5) is 7.07. The van der Waals surface area contributed by atoms with E-state index in [0.29, 0.717) is 0 Å². The minimum atomic E-state index is 0.999. The van der Waals surface area contributed by atoms with Crippen LogP contribution >= 0.6 is 11.3 Å². The average Bonchev–Trinajstić information content (AvgIpc) is 4.08. The van der Waals surface area contributed by atoms with Crippen molar-refractivity contribution < 1.29 is 0 Å². The van der Waals surface area contributed by atoms with Crippen molar-refractivity contribution in [2.75, 3.05) is 0 Å². The lowest BCUT2D eigenvalue weighted by molar-refractivity contribution is 0.935. The predicted molar refractivity (Wildman–Crippen MR) is 287 cm³/mol. The van der Waals surface area contributed by atoms with E-state index in [0.717, 1.165) is 61.1 Å². The topological polar surface area (TPSA) is 12.4 Å². The normalized spacial score (nSPS) is 15.8. The first kappa shape index (κ1) is 40.2. The van der Waals surface area contributed by atoms with Gasteiger partial charge in [0.1, 0.15) is 0 Å². The zero-order valence-corrected chi connectivity index (χ0v) is 39.1. The lowest BCUT2D eigenvalue weighted by Gasteiger charge is -2.16. The van der Waals surface area contributed by atoms with Crippen LogP contribution in [0.1, 0.15) is 82.8 Å². The van der Waals surface area contributed by atoms with Gasteiger partial charge in [-0.2, -0.15) is 0 Å². The van der Waals surface area contributed by atoms with Gasteiger partial charge in [-0.15, -0.1) is 11.3 Å². The third-order valence-electron chi connectivity index (χ3n) is 15.2. The Balaban J connectivity index is 0.848. The Morgan fingerprint density at radius 1 is 0.463 bits per heavy atom. The van der Waals surface area contributed by atoms with Crippen LogP contribution < -0.4 is 0 Å². The maximum Gasteiger partial charge on any atom is 0.0746 e. The number of hydrogen-bond donors (Lipinski definition) is 0. The van der Waals surface area contributed by atoms with E-state index in [2.05, 4.69) is 190 Å². The van der Waals surface area contributed by atoms with Gasteiger partial charge in [0.15, 0.2) is 0 Å². The monoisotopic (exact) mass is 877 g/mol. The zero-order valence-electron chi connectivity index (χ0n) is 38.3. The molecule has 0 amide bonds. The van der Waals surface area contributed by atoms with Crippen LogP contribution in [0.3, 0.4) is 0 Å². The molecular formula is C65H51NS. The summed E-state index contributed by atoms with van der Waals surface area (Å²) in [7, 11) is 0. The summed E-state index contributed by atoms with van der Waals surface area (Å²) in [5, 5.41) is 1.37. The molecular weight excluding hydrogens is 827 g/mol. The molecule has 0 unspecified atom stereocenters. The van der Waals surface area contributed by atoms with Gasteiger partial charge >= 0.3 is 0 Å². The molecule has 0 radical (unpaired) electrons. The van der Waals surface area contributed by atoms with Crippen molar-refractivity contribution in [1.82, 2.24) is 0 Å². The second kappa shape index (κ2) is 16.3. The van der Waals surface area contributed by atoms with E-state index in [1.54, 1.807) is 11.1 Å². The molecule has 67 heavy (non-hydrogen) atoms. The van der Waals surface area contributed by atoms with Gasteiger partial charge in [-0.25, -0.2) is 0 Å². The first-order chi connectivity index (χ1) is 33.0. The summed E-state index contributed by atoms with van der Waals surface area (Å²) in [5.74, 6) is 0. The van der Waals surface area contributed by atoms with Crippen LogP contribution in [0.4, 0.5) is 5.69 Å². The molecule has 322 valence electrons. The number of nitrogens with zero attached hydrogens (tertiary/aromatic N) is 1. The quantitative estimate of drug-likeness (QED) is 0.141. The molecule has 1 aromatic heterocycles. The van der Waals surface area contributed by atoms with Gasteiger partial charge in [0.25, 0.3) is 0 Å². The zero-order chi connectivity index (χ0) is 44.6. The number of thiophene rings is 1. The molecule has 7 aromatic carbocycles. The number of fused-ring (bicyclic) bond motifs is 7. The van der Waals surface area contributed by atoms with E-state index >= 15 is 0 Å². The summed E-state index contributed by atoms with van der Waals surface area (Å²) in [5.41, 5.74) is 29.8. The molecule has 8 aromatic rings. The second-order valence-corrected chi connectivity index (χ2v) is 20.3. The Bertz CT molecular complexity index is 3540. The molecule has 0 saturated heterocycles. The number of hydrogen-bond acceptors (Lipinski definition) is 2. The van der Waals surface area contributed by atoms with Gasteiger partial charge in [0.05, 0.1) is 5.69 Å². The molecule has 0 saturated carbocycles. The molecule has 13 rings (SSSR count). The molecule has 5 aliphatic carbocycles. The fourth-order valence-electron chi connectivity index (χ4n) is 11.5. The maximum absolute atomic E-state index is 5.55. The number of rotatable bonds is 7. The van der Waals surface area contributed by atoms with E-state index in [4.69, 9.17) is 4.99 Å². The van der Waals surface area contributed by atoms with Gasteiger partial charge in [0.2, 0.25) is 0 Å². The van der Waals surface area contributed by atoms with Crippen molar-refractivity contribution in [3.8, 4) is 55.6 Å². The molecule has 0 spiro atoms. The van der Waals surface area contributed by atoms with Crippen LogP contribution in [0.25, 0.3) is 82.9 Å². The van der Waals surface area contributed by atoms with Crippen LogP contribution in [-0.4, -0.2) is 5.71 Å². The molecule has 5 aliphatic rings. The summed E-state index contributed by atoms with van der Waals surface area (Å²) >= 11 is 1.95. The third kappa shape index (κ3) is 7.09. The molecule has 2 heteroatoms. The van der Waals surface area contributed by atoms with Crippen molar-refractivity contribution in [3.05, 3.63) is 225 Å². The van der Waals surface area contributed by atoms with Gasteiger partial charge in [-0.1, -0.05) is 163 Å². The largest absolute Gasteiger partial charge is 0.252 e. The standard InChI is InChI=1S/C65H51NS/c1-40-55(46-23-19-44(20-24-46)48-27-29-53-35-51-9-3-5-11-56(51)60(53)37-48)32-33-58(47-25-21-45(22-26-47)49-28-30-54-36-52-10-4-6-12-57(52)61(54)38-49)65(40)66-41(2)42-15-17-43(18-16-42)50-31-34-64-62(39-50)59-13-7-8-14-63(59)67-64/h5-7,11-13,15-34,37-39H,3-4,8-10,14,35-36H2,1-2H3. The number of aliphatic imine (C=N–C) groups is 1. The minimum Gasteiger partial charge on any atom is -0.252 e. The van der Waals surface area contributed by atoms with Crippen LogP contribution in [0.5, 0.6) is 0 Å². The lowest BCUT2D eigenvalue weighted by atomic mass is 9.91. The number of allylic oxidation sites excluding steroid dienone is 9. The summed E-state index contributed by atoms with van der Waals surface area (Å²) in [6, 6.07) is 53.0. The number of aryl methyl sites for hydroxylation is 1. The summed E-state index contributed by atoms with van der Waals surface area (Å²) < 4.78 is 1.38. The Morgan fingerprint density at radius 2 is 0.955 bits per heavy atom. The van der Waals surface area contributed by atoms with Crippen molar-refractivity contribution in [2.24, 2.45) is 4.99 Å². The SMILES string of the molecule is CC(=Nc1c(-c2ccc(-c3ccc4c(c3)C3=C(CCC=C3)C4)cc2)ccc(-c2ccc(-c3ccc4c(c3)C3=C(CCC=C3)C4)cc2)c1C)c1ccc(-c2ccc3sc4c(c3c2)C=CCC4)cc1. The summed E-state index contributed by atoms with van der Waals surface area (Å²) in [6.07, 6.45) is 23.2. The molecule has 0 atom stereocenters. The van der Waals surface area contributed by atoms with Gasteiger partial charge in [-0.05, 0) is 190 Å². The average molecular weight is 878 g/mol. The van der Waals surface area contributed by atoms with Gasteiger partial charge < -0.3 is 0 Å². The van der Waals surface area contributed by atoms with E-state index in [-0.39, 0.29) is 0 Å².